The van der Waals surface area contributed by atoms with E-state index >= 15 is 0 Å². The predicted molar refractivity (Wildman–Crippen MR) is 59.1 cm³/mol. The minimum Gasteiger partial charge on any atom is -0.443 e. The van der Waals surface area contributed by atoms with Crippen LogP contribution in [0.2, 0.25) is 0 Å². The normalized spacial score (nSPS) is 12.3. The smallest absolute Gasteiger partial charge is 0.304 e. The third-order valence-electron chi connectivity index (χ3n) is 1.96. The molecule has 3 nitrogen and oxygen atoms in total. The summed E-state index contributed by atoms with van der Waals surface area (Å²) in [5, 5.41) is 8.64. The number of allylic oxidation sites excluding steroid dienone is 1. The Balaban J connectivity index is 3.64. The molecule has 0 fully saturated rings. The Hall–Kier alpha value is -1.30. The molecule has 0 aliphatic carbocycles. The average molecular weight is 209 g/mol. The maximum Gasteiger partial charge on any atom is 0.304 e. The van der Waals surface area contributed by atoms with Crippen molar-refractivity contribution in [2.75, 3.05) is 0 Å². The number of hydrogen-bond acceptors (Lipinski definition) is 3. The Kier molecular flexibility index (Phi) is 8.46. The Bertz CT molecular complexity index is 240. The summed E-state index contributed by atoms with van der Waals surface area (Å²) >= 11 is 0. The van der Waals surface area contributed by atoms with Gasteiger partial charge in [0.25, 0.3) is 0 Å². The molecule has 0 saturated heterocycles. The van der Waals surface area contributed by atoms with Crippen LogP contribution < -0.4 is 0 Å². The van der Waals surface area contributed by atoms with Gasteiger partial charge in [-0.2, -0.15) is 5.26 Å². The zero-order valence-corrected chi connectivity index (χ0v) is 9.53. The van der Waals surface area contributed by atoms with Crippen molar-refractivity contribution in [3.8, 4) is 6.07 Å². The van der Waals surface area contributed by atoms with E-state index in [1.165, 1.54) is 26.2 Å². The number of ether oxygens (including phenoxy) is 1. The van der Waals surface area contributed by atoms with E-state index in [1.54, 1.807) is 6.08 Å². The maximum absolute atomic E-state index is 10.6. The maximum atomic E-state index is 10.6. The molecule has 0 heterocycles. The fourth-order valence-electron chi connectivity index (χ4n) is 1.20. The van der Waals surface area contributed by atoms with Crippen molar-refractivity contribution in [1.29, 1.82) is 5.26 Å². The quantitative estimate of drug-likeness (QED) is 0.368. The second-order valence-electron chi connectivity index (χ2n) is 3.44. The van der Waals surface area contributed by atoms with Gasteiger partial charge in [0.15, 0.2) is 0 Å². The van der Waals surface area contributed by atoms with Crippen molar-refractivity contribution in [3.05, 3.63) is 12.2 Å². The van der Waals surface area contributed by atoms with Crippen LogP contribution in [0.5, 0.6) is 0 Å². The SMILES string of the molecule is CCCCCC/C=C/C(C#N)OC(C)=O. The van der Waals surface area contributed by atoms with Gasteiger partial charge < -0.3 is 4.74 Å². The van der Waals surface area contributed by atoms with Crippen molar-refractivity contribution >= 4 is 5.97 Å². The molecular weight excluding hydrogens is 190 g/mol. The predicted octanol–water partition coefficient (Wildman–Crippen LogP) is 2.97. The van der Waals surface area contributed by atoms with Gasteiger partial charge in [-0.25, -0.2) is 0 Å². The highest BCUT2D eigenvalue weighted by Crippen LogP contribution is 2.04. The van der Waals surface area contributed by atoms with Crippen LogP contribution in [0.1, 0.15) is 46.0 Å². The van der Waals surface area contributed by atoms with Gasteiger partial charge in [-0.05, 0) is 18.9 Å². The molecule has 0 aromatic rings. The lowest BCUT2D eigenvalue weighted by molar-refractivity contribution is -0.142. The first-order valence-electron chi connectivity index (χ1n) is 5.44. The Morgan fingerprint density at radius 1 is 1.47 bits per heavy atom. The zero-order valence-electron chi connectivity index (χ0n) is 9.53. The summed E-state index contributed by atoms with van der Waals surface area (Å²) in [6.07, 6.45) is 8.58. The average Bonchev–Trinajstić information content (AvgIpc) is 2.20. The highest BCUT2D eigenvalue weighted by molar-refractivity contribution is 5.66. The van der Waals surface area contributed by atoms with E-state index in [-0.39, 0.29) is 0 Å². The summed E-state index contributed by atoms with van der Waals surface area (Å²) in [6.45, 7) is 3.47. The van der Waals surface area contributed by atoms with Gasteiger partial charge in [0.05, 0.1) is 0 Å². The van der Waals surface area contributed by atoms with Crippen molar-refractivity contribution in [3.63, 3.8) is 0 Å². The van der Waals surface area contributed by atoms with Gasteiger partial charge in [-0.15, -0.1) is 0 Å². The number of nitriles is 1. The monoisotopic (exact) mass is 209 g/mol. The van der Waals surface area contributed by atoms with Crippen LogP contribution in [-0.2, 0) is 9.53 Å². The highest BCUT2D eigenvalue weighted by atomic mass is 16.5. The van der Waals surface area contributed by atoms with Crippen LogP contribution in [0.3, 0.4) is 0 Å². The zero-order chi connectivity index (χ0) is 11.5. The molecule has 0 saturated carbocycles. The van der Waals surface area contributed by atoms with Gasteiger partial charge in [0, 0.05) is 6.92 Å². The summed E-state index contributed by atoms with van der Waals surface area (Å²) in [4.78, 5) is 10.6. The largest absolute Gasteiger partial charge is 0.443 e. The lowest BCUT2D eigenvalue weighted by Gasteiger charge is -2.03. The first-order valence-corrected chi connectivity index (χ1v) is 5.44. The van der Waals surface area contributed by atoms with Gasteiger partial charge in [0.2, 0.25) is 6.10 Å². The third-order valence-corrected chi connectivity index (χ3v) is 1.96. The van der Waals surface area contributed by atoms with Crippen molar-refractivity contribution in [2.45, 2.75) is 52.1 Å². The van der Waals surface area contributed by atoms with Crippen LogP contribution in [0, 0.1) is 11.3 Å². The summed E-state index contributed by atoms with van der Waals surface area (Å²) < 4.78 is 4.74. The molecule has 0 spiro atoms. The summed E-state index contributed by atoms with van der Waals surface area (Å²) in [5.41, 5.74) is 0. The lowest BCUT2D eigenvalue weighted by Crippen LogP contribution is -2.10. The van der Waals surface area contributed by atoms with E-state index in [1.807, 2.05) is 12.1 Å². The number of unbranched alkanes of at least 4 members (excludes halogenated alkanes) is 4. The number of esters is 1. The molecule has 0 radical (unpaired) electrons. The number of carbonyl (C=O) groups excluding carboxylic acids is 1. The lowest BCUT2D eigenvalue weighted by atomic mass is 10.1. The fraction of sp³-hybridized carbons (Fsp3) is 0.667. The highest BCUT2D eigenvalue weighted by Gasteiger charge is 2.04. The minimum absolute atomic E-state index is 0.419. The van der Waals surface area contributed by atoms with E-state index in [0.29, 0.717) is 0 Å². The van der Waals surface area contributed by atoms with Crippen LogP contribution in [-0.4, -0.2) is 12.1 Å². The molecule has 84 valence electrons. The molecule has 0 aliphatic heterocycles. The molecule has 3 heteroatoms. The van der Waals surface area contributed by atoms with Crippen molar-refractivity contribution < 1.29 is 9.53 Å². The summed E-state index contributed by atoms with van der Waals surface area (Å²) in [7, 11) is 0. The van der Waals surface area contributed by atoms with Crippen LogP contribution in [0.25, 0.3) is 0 Å². The second-order valence-corrected chi connectivity index (χ2v) is 3.44. The molecule has 15 heavy (non-hydrogen) atoms. The van der Waals surface area contributed by atoms with Crippen molar-refractivity contribution in [1.82, 2.24) is 0 Å². The molecule has 1 atom stereocenters. The van der Waals surface area contributed by atoms with Crippen LogP contribution in [0.4, 0.5) is 0 Å². The van der Waals surface area contributed by atoms with E-state index in [4.69, 9.17) is 10.00 Å². The topological polar surface area (TPSA) is 50.1 Å². The standard InChI is InChI=1S/C12H19NO2/c1-3-4-5-6-7-8-9-12(10-13)15-11(2)14/h8-9,12H,3-7H2,1-2H3/b9-8+. The van der Waals surface area contributed by atoms with E-state index in [0.717, 1.165) is 12.8 Å². The number of rotatable bonds is 7. The van der Waals surface area contributed by atoms with E-state index in [2.05, 4.69) is 6.92 Å². The molecule has 0 N–H and O–H groups in total. The second kappa shape index (κ2) is 9.26. The summed E-state index contributed by atoms with van der Waals surface area (Å²) in [6, 6.07) is 1.91. The van der Waals surface area contributed by atoms with E-state index < -0.39 is 12.1 Å². The number of carbonyl (C=O) groups is 1. The molecule has 0 aromatic heterocycles. The van der Waals surface area contributed by atoms with Gasteiger partial charge in [-0.3, -0.25) is 4.79 Å². The molecular formula is C12H19NO2. The Morgan fingerprint density at radius 3 is 2.73 bits per heavy atom. The molecule has 1 unspecified atom stereocenters. The molecule has 0 aliphatic rings. The third kappa shape index (κ3) is 9.01. The van der Waals surface area contributed by atoms with Crippen molar-refractivity contribution in [2.24, 2.45) is 0 Å². The van der Waals surface area contributed by atoms with Crippen LogP contribution >= 0.6 is 0 Å². The first kappa shape index (κ1) is 13.7. The van der Waals surface area contributed by atoms with Gasteiger partial charge in [0.1, 0.15) is 6.07 Å². The minimum atomic E-state index is -0.728. The molecule has 0 amide bonds. The molecule has 0 aromatic carbocycles. The Labute approximate surface area is 91.7 Å². The Morgan fingerprint density at radius 2 is 2.20 bits per heavy atom. The van der Waals surface area contributed by atoms with Crippen LogP contribution in [0.15, 0.2) is 12.2 Å². The van der Waals surface area contributed by atoms with E-state index in [9.17, 15) is 4.79 Å². The van der Waals surface area contributed by atoms with Gasteiger partial charge >= 0.3 is 5.97 Å². The molecule has 0 bridgehead atoms. The first-order chi connectivity index (χ1) is 7.20. The number of nitrogens with zero attached hydrogens (tertiary/aromatic N) is 1. The number of hydrogen-bond donors (Lipinski definition) is 0. The summed E-state index contributed by atoms with van der Waals surface area (Å²) in [5.74, 6) is -0.419. The van der Waals surface area contributed by atoms with Gasteiger partial charge in [-0.1, -0.05) is 32.3 Å². The fourth-order valence-corrected chi connectivity index (χ4v) is 1.20. The molecule has 0 rings (SSSR count).